The minimum atomic E-state index is -1.52. The zero-order valence-electron chi connectivity index (χ0n) is 20.7. The molecule has 3 aromatic rings. The summed E-state index contributed by atoms with van der Waals surface area (Å²) in [6.45, 7) is 5.65. The van der Waals surface area contributed by atoms with Gasteiger partial charge in [0.15, 0.2) is 0 Å². The van der Waals surface area contributed by atoms with Gasteiger partial charge in [0.25, 0.3) is 8.38 Å². The van der Waals surface area contributed by atoms with Crippen LogP contribution in [0.1, 0.15) is 45.6 Å². The molecule has 1 aliphatic heterocycles. The molecule has 2 atom stereocenters. The van der Waals surface area contributed by atoms with Gasteiger partial charge in [0.1, 0.15) is 17.0 Å². The number of rotatable bonds is 2. The Balaban J connectivity index is 1.50. The molecule has 2 aliphatic carbocycles. The average Bonchev–Trinajstić information content (AvgIpc) is 3.05. The molecule has 0 saturated carbocycles. The highest BCUT2D eigenvalue weighted by Gasteiger charge is 2.34. The van der Waals surface area contributed by atoms with Crippen LogP contribution in [0.25, 0.3) is 23.8 Å². The highest BCUT2D eigenvalue weighted by Crippen LogP contribution is 2.47. The first-order valence-corrected chi connectivity index (χ1v) is 13.6. The number of carbonyl (C=O) groups is 1. The van der Waals surface area contributed by atoms with Gasteiger partial charge in [0.2, 0.25) is 5.91 Å². The molecule has 0 fully saturated rings. The van der Waals surface area contributed by atoms with Crippen LogP contribution in [0.4, 0.5) is 5.82 Å². The summed E-state index contributed by atoms with van der Waals surface area (Å²) in [5.41, 5.74) is 2.50. The van der Waals surface area contributed by atoms with Crippen molar-refractivity contribution in [2.45, 2.75) is 46.1 Å². The number of anilines is 1. The van der Waals surface area contributed by atoms with Crippen molar-refractivity contribution in [1.82, 2.24) is 4.98 Å². The fraction of sp³-hybridized carbons (Fsp3) is 0.267. The first-order chi connectivity index (χ1) is 17.4. The van der Waals surface area contributed by atoms with Crippen molar-refractivity contribution >= 4 is 49.3 Å². The lowest BCUT2D eigenvalue weighted by molar-refractivity contribution is -0.123. The second-order valence-electron chi connectivity index (χ2n) is 10.4. The number of amides is 1. The standard InChI is InChI=1S/C30H29N2O3P/c1-30(2,3)29(33)32-25-13-8-14-26(31-25)36-34-23-17-15-19-9-4-6-11-21(19)27(23)28-22-12-7-5-10-20(22)16-18-24(28)35-36/h4,6,8-16,18,23H,5,7,17H2,1-3H3,(H,31,32,33). The summed E-state index contributed by atoms with van der Waals surface area (Å²) in [6.07, 6.45) is 9.57. The summed E-state index contributed by atoms with van der Waals surface area (Å²) >= 11 is 0. The molecule has 0 spiro atoms. The van der Waals surface area contributed by atoms with E-state index in [2.05, 4.69) is 59.9 Å². The molecule has 1 amide bonds. The smallest absolute Gasteiger partial charge is 0.285 e. The molecular formula is C30H29N2O3P. The SMILES string of the molecule is CC(C)(C)C(=O)Nc1cccc(P2Oc3ccc4c(c3C3=c5ccccc5=CCC3O2)=CCCC=4)n1. The van der Waals surface area contributed by atoms with Crippen LogP contribution in [0.3, 0.4) is 0 Å². The summed E-state index contributed by atoms with van der Waals surface area (Å²) in [5.74, 6) is 1.25. The van der Waals surface area contributed by atoms with Gasteiger partial charge in [-0.05, 0) is 58.3 Å². The van der Waals surface area contributed by atoms with Crippen molar-refractivity contribution < 1.29 is 13.8 Å². The third kappa shape index (κ3) is 4.17. The molecule has 1 aromatic heterocycles. The fourth-order valence-electron chi connectivity index (χ4n) is 4.90. The van der Waals surface area contributed by atoms with Crippen LogP contribution in [0.15, 0.2) is 54.6 Å². The van der Waals surface area contributed by atoms with E-state index < -0.39 is 13.8 Å². The maximum atomic E-state index is 12.6. The van der Waals surface area contributed by atoms with E-state index >= 15 is 0 Å². The molecule has 2 heterocycles. The molecule has 0 saturated heterocycles. The Bertz CT molecular complexity index is 1620. The largest absolute Gasteiger partial charge is 0.442 e. The predicted molar refractivity (Wildman–Crippen MR) is 146 cm³/mol. The summed E-state index contributed by atoms with van der Waals surface area (Å²) in [7, 11) is -1.52. The van der Waals surface area contributed by atoms with Gasteiger partial charge >= 0.3 is 0 Å². The van der Waals surface area contributed by atoms with Gasteiger partial charge in [-0.15, -0.1) is 0 Å². The maximum Gasteiger partial charge on any atom is 0.285 e. The van der Waals surface area contributed by atoms with Crippen molar-refractivity contribution in [1.29, 1.82) is 0 Å². The average molecular weight is 497 g/mol. The lowest BCUT2D eigenvalue weighted by Crippen LogP contribution is -2.39. The highest BCUT2D eigenvalue weighted by atomic mass is 31.2. The normalized spacial score (nSPS) is 20.0. The molecule has 3 aliphatic rings. The molecule has 5 nitrogen and oxygen atoms in total. The van der Waals surface area contributed by atoms with Gasteiger partial charge in [-0.1, -0.05) is 75.4 Å². The fourth-order valence-corrected chi connectivity index (χ4v) is 6.29. The van der Waals surface area contributed by atoms with Gasteiger partial charge < -0.3 is 14.4 Å². The molecule has 36 heavy (non-hydrogen) atoms. The number of aromatic nitrogens is 1. The Kier molecular flexibility index (Phi) is 5.78. The van der Waals surface area contributed by atoms with Crippen molar-refractivity contribution in [3.63, 3.8) is 0 Å². The van der Waals surface area contributed by atoms with Gasteiger partial charge in [0.05, 0.1) is 6.10 Å². The van der Waals surface area contributed by atoms with E-state index in [0.717, 1.165) is 30.6 Å². The lowest BCUT2D eigenvalue weighted by Gasteiger charge is -2.23. The molecule has 182 valence electrons. The molecule has 2 aromatic carbocycles. The first kappa shape index (κ1) is 23.1. The van der Waals surface area contributed by atoms with E-state index in [1.54, 1.807) is 6.07 Å². The molecule has 0 radical (unpaired) electrons. The lowest BCUT2D eigenvalue weighted by atomic mass is 9.88. The number of fused-ring (bicyclic) bond motifs is 6. The van der Waals surface area contributed by atoms with Crippen LogP contribution in [0.2, 0.25) is 0 Å². The van der Waals surface area contributed by atoms with Crippen molar-refractivity contribution in [3.8, 4) is 5.75 Å². The zero-order valence-corrected chi connectivity index (χ0v) is 21.6. The number of hydrogen-bond acceptors (Lipinski definition) is 4. The Morgan fingerprint density at radius 2 is 1.81 bits per heavy atom. The van der Waals surface area contributed by atoms with E-state index in [9.17, 15) is 4.79 Å². The van der Waals surface area contributed by atoms with Crippen molar-refractivity contribution in [3.05, 3.63) is 81.0 Å². The van der Waals surface area contributed by atoms with Crippen LogP contribution in [0.5, 0.6) is 5.75 Å². The minimum absolute atomic E-state index is 0.0829. The quantitative estimate of drug-likeness (QED) is 0.554. The summed E-state index contributed by atoms with van der Waals surface area (Å²) in [5, 5.41) is 7.84. The highest BCUT2D eigenvalue weighted by molar-refractivity contribution is 7.56. The Labute approximate surface area is 211 Å². The van der Waals surface area contributed by atoms with Gasteiger partial charge in [-0.25, -0.2) is 4.98 Å². The molecule has 6 heteroatoms. The molecule has 0 bridgehead atoms. The number of nitrogens with one attached hydrogen (secondary N) is 1. The zero-order chi connectivity index (χ0) is 24.9. The van der Waals surface area contributed by atoms with E-state index in [4.69, 9.17) is 14.0 Å². The topological polar surface area (TPSA) is 60.5 Å². The van der Waals surface area contributed by atoms with E-state index in [0.29, 0.717) is 11.3 Å². The van der Waals surface area contributed by atoms with Crippen LogP contribution >= 0.6 is 8.38 Å². The van der Waals surface area contributed by atoms with E-state index in [1.807, 2.05) is 32.9 Å². The van der Waals surface area contributed by atoms with Gasteiger partial charge in [0, 0.05) is 16.6 Å². The Morgan fingerprint density at radius 1 is 0.972 bits per heavy atom. The number of nitrogens with zero attached hydrogens (tertiary/aromatic N) is 1. The third-order valence-electron chi connectivity index (χ3n) is 6.76. The van der Waals surface area contributed by atoms with E-state index in [-0.39, 0.29) is 12.0 Å². The minimum Gasteiger partial charge on any atom is -0.442 e. The summed E-state index contributed by atoms with van der Waals surface area (Å²) < 4.78 is 13.4. The second kappa shape index (κ2) is 8.99. The number of benzene rings is 2. The third-order valence-corrected chi connectivity index (χ3v) is 8.19. The summed E-state index contributed by atoms with van der Waals surface area (Å²) in [4.78, 5) is 17.3. The van der Waals surface area contributed by atoms with Crippen LogP contribution in [0, 0.1) is 5.41 Å². The Hall–Kier alpha value is -3.27. The Morgan fingerprint density at radius 3 is 2.67 bits per heavy atom. The summed E-state index contributed by atoms with van der Waals surface area (Å²) in [6, 6.07) is 18.4. The van der Waals surface area contributed by atoms with Crippen molar-refractivity contribution in [2.75, 3.05) is 5.32 Å². The van der Waals surface area contributed by atoms with Crippen LogP contribution in [-0.2, 0) is 9.32 Å². The first-order valence-electron chi connectivity index (χ1n) is 12.4. The van der Waals surface area contributed by atoms with Gasteiger partial charge in [-0.3, -0.25) is 4.79 Å². The molecule has 1 N–H and O–H groups in total. The van der Waals surface area contributed by atoms with Gasteiger partial charge in [-0.2, -0.15) is 0 Å². The number of carbonyl (C=O) groups excluding carboxylic acids is 1. The van der Waals surface area contributed by atoms with Crippen LogP contribution < -0.4 is 36.2 Å². The predicted octanol–water partition coefficient (Wildman–Crippen LogP) is 3.22. The molecular weight excluding hydrogens is 467 g/mol. The second-order valence-corrected chi connectivity index (χ2v) is 11.8. The monoisotopic (exact) mass is 496 g/mol. The molecule has 6 rings (SSSR count). The van der Waals surface area contributed by atoms with Crippen molar-refractivity contribution in [2.24, 2.45) is 5.41 Å². The number of hydrogen-bond donors (Lipinski definition) is 1. The maximum absolute atomic E-state index is 12.6. The van der Waals surface area contributed by atoms with Crippen LogP contribution in [-0.4, -0.2) is 17.0 Å². The van der Waals surface area contributed by atoms with E-state index in [1.165, 1.54) is 26.4 Å². The molecule has 2 unspecified atom stereocenters. The number of pyridine rings is 1.